The fraction of sp³-hybridized carbons (Fsp3) is 1.00. The lowest BCUT2D eigenvalue weighted by Gasteiger charge is -2.11. The Morgan fingerprint density at radius 1 is 1.56 bits per heavy atom. The van der Waals surface area contributed by atoms with Gasteiger partial charge in [-0.05, 0) is 0 Å². The minimum Gasteiger partial charge on any atom is -0.750 e. The Morgan fingerprint density at radius 3 is 2.11 bits per heavy atom. The van der Waals surface area contributed by atoms with Crippen molar-refractivity contribution in [2.24, 2.45) is 0 Å². The smallest absolute Gasteiger partial charge is 0.101 e. The van der Waals surface area contributed by atoms with Crippen molar-refractivity contribution in [3.63, 3.8) is 0 Å². The van der Waals surface area contributed by atoms with Crippen LogP contribution in [0.2, 0.25) is 0 Å². The zero-order chi connectivity index (χ0) is 7.28. The normalized spacial score (nSPS) is 14.2. The van der Waals surface area contributed by atoms with Gasteiger partial charge in [0.1, 0.15) is 6.10 Å². The molecule has 0 heterocycles. The molecule has 9 heavy (non-hydrogen) atoms. The van der Waals surface area contributed by atoms with Crippen molar-refractivity contribution in [2.75, 3.05) is 11.8 Å². The van der Waals surface area contributed by atoms with Crippen molar-refractivity contribution in [3.05, 3.63) is 0 Å². The molecule has 0 aliphatic heterocycles. The van der Waals surface area contributed by atoms with Gasteiger partial charge >= 0.3 is 0 Å². The summed E-state index contributed by atoms with van der Waals surface area (Å²) in [7, 11) is 0. The van der Waals surface area contributed by atoms with Gasteiger partial charge in [-0.3, -0.25) is 4.18 Å². The van der Waals surface area contributed by atoms with Gasteiger partial charge < -0.3 is 4.55 Å². The molecule has 0 amide bonds. The Balaban J connectivity index is 3.43. The highest BCUT2D eigenvalue weighted by molar-refractivity contribution is 7.74. The zero-order valence-electron chi connectivity index (χ0n) is 4.38. The summed E-state index contributed by atoms with van der Waals surface area (Å²) in [5.41, 5.74) is 0. The molecule has 0 fully saturated rings. The van der Waals surface area contributed by atoms with E-state index in [1.807, 2.05) is 0 Å². The second-order valence-corrected chi connectivity index (χ2v) is 2.45. The molecule has 1 atom stereocenters. The lowest BCUT2D eigenvalue weighted by atomic mass is 10.5. The maximum absolute atomic E-state index is 9.79. The fourth-order valence-corrected chi connectivity index (χ4v) is 1.17. The standard InChI is InChI=1S/C3H6Cl2O3S/c4-1-3(2-5)8-9(6)7/h3H,1-2H2,(H,6,7)/p-1. The van der Waals surface area contributed by atoms with Crippen LogP contribution in [0.25, 0.3) is 0 Å². The summed E-state index contributed by atoms with van der Waals surface area (Å²) in [5, 5.41) is 0. The first-order chi connectivity index (χ1) is 4.20. The maximum atomic E-state index is 9.79. The summed E-state index contributed by atoms with van der Waals surface area (Å²) in [5.74, 6) is 0.162. The molecule has 0 aromatic heterocycles. The summed E-state index contributed by atoms with van der Waals surface area (Å²) in [6, 6.07) is 0. The maximum Gasteiger partial charge on any atom is 0.101 e. The van der Waals surface area contributed by atoms with Crippen LogP contribution in [0.15, 0.2) is 0 Å². The molecule has 1 unspecified atom stereocenters. The molecule has 0 aromatic rings. The Kier molecular flexibility index (Phi) is 5.83. The van der Waals surface area contributed by atoms with E-state index in [1.165, 1.54) is 0 Å². The van der Waals surface area contributed by atoms with E-state index in [4.69, 9.17) is 23.2 Å². The van der Waals surface area contributed by atoms with Crippen LogP contribution in [0.4, 0.5) is 0 Å². The molecule has 0 rings (SSSR count). The Hall–Kier alpha value is 0.650. The highest BCUT2D eigenvalue weighted by Gasteiger charge is 2.04. The van der Waals surface area contributed by atoms with E-state index in [0.717, 1.165) is 0 Å². The molecule has 0 N–H and O–H groups in total. The molecule has 0 aromatic carbocycles. The van der Waals surface area contributed by atoms with Crippen LogP contribution in [0.5, 0.6) is 0 Å². The lowest BCUT2D eigenvalue weighted by Crippen LogP contribution is -2.17. The van der Waals surface area contributed by atoms with Gasteiger partial charge in [-0.1, -0.05) is 0 Å². The first-order valence-corrected chi connectivity index (χ1v) is 4.16. The molecule has 0 aliphatic carbocycles. The number of hydrogen-bond donors (Lipinski definition) is 0. The van der Waals surface area contributed by atoms with Crippen LogP contribution in [0.1, 0.15) is 0 Å². The lowest BCUT2D eigenvalue weighted by molar-refractivity contribution is 0.243. The monoisotopic (exact) mass is 191 g/mol. The largest absolute Gasteiger partial charge is 0.750 e. The zero-order valence-corrected chi connectivity index (χ0v) is 6.71. The molecular formula is C3H5Cl2O3S-. The van der Waals surface area contributed by atoms with Gasteiger partial charge in [-0.15, -0.1) is 23.2 Å². The molecule has 0 radical (unpaired) electrons. The molecule has 3 nitrogen and oxygen atoms in total. The highest BCUT2D eigenvalue weighted by Crippen LogP contribution is 1.99. The van der Waals surface area contributed by atoms with Gasteiger partial charge in [0.05, 0.1) is 23.1 Å². The van der Waals surface area contributed by atoms with Gasteiger partial charge in [0.15, 0.2) is 0 Å². The second-order valence-electron chi connectivity index (χ2n) is 1.23. The van der Waals surface area contributed by atoms with E-state index in [9.17, 15) is 8.76 Å². The van der Waals surface area contributed by atoms with Gasteiger partial charge in [0, 0.05) is 0 Å². The third-order valence-corrected chi connectivity index (χ3v) is 1.68. The van der Waals surface area contributed by atoms with Gasteiger partial charge in [-0.25, -0.2) is 4.21 Å². The van der Waals surface area contributed by atoms with Crippen molar-refractivity contribution < 1.29 is 12.9 Å². The average molecular weight is 192 g/mol. The van der Waals surface area contributed by atoms with Gasteiger partial charge in [0.25, 0.3) is 0 Å². The number of rotatable bonds is 4. The molecule has 0 spiro atoms. The van der Waals surface area contributed by atoms with Crippen molar-refractivity contribution in [3.8, 4) is 0 Å². The molecule has 0 bridgehead atoms. The quantitative estimate of drug-likeness (QED) is 0.485. The van der Waals surface area contributed by atoms with Crippen LogP contribution in [0, 0.1) is 0 Å². The Bertz CT molecular complexity index is 95.1. The minimum absolute atomic E-state index is 0.0808. The summed E-state index contributed by atoms with van der Waals surface area (Å²) in [6.07, 6.45) is -0.605. The molecule has 0 aliphatic rings. The van der Waals surface area contributed by atoms with Crippen LogP contribution in [0.3, 0.4) is 0 Å². The molecule has 6 heteroatoms. The molecular weight excluding hydrogens is 187 g/mol. The van der Waals surface area contributed by atoms with E-state index < -0.39 is 17.5 Å². The highest BCUT2D eigenvalue weighted by atomic mass is 35.5. The van der Waals surface area contributed by atoms with Gasteiger partial charge in [0.2, 0.25) is 0 Å². The topological polar surface area (TPSA) is 49.4 Å². The van der Waals surface area contributed by atoms with Crippen molar-refractivity contribution >= 4 is 34.6 Å². The van der Waals surface area contributed by atoms with Crippen LogP contribution < -0.4 is 0 Å². The van der Waals surface area contributed by atoms with Gasteiger partial charge in [-0.2, -0.15) is 0 Å². The summed E-state index contributed by atoms with van der Waals surface area (Å²) in [4.78, 5) is 0. The second kappa shape index (κ2) is 5.44. The average Bonchev–Trinajstić information content (AvgIpc) is 1.82. The summed E-state index contributed by atoms with van der Waals surface area (Å²) < 4.78 is 23.8. The third kappa shape index (κ3) is 5.11. The Labute approximate surface area is 65.8 Å². The summed E-state index contributed by atoms with van der Waals surface area (Å²) in [6.45, 7) is 0. The first kappa shape index (κ1) is 9.65. The van der Waals surface area contributed by atoms with E-state index in [1.54, 1.807) is 0 Å². The number of hydrogen-bond acceptors (Lipinski definition) is 3. The molecule has 0 saturated carbocycles. The first-order valence-electron chi connectivity index (χ1n) is 2.09. The fourth-order valence-electron chi connectivity index (χ4n) is 0.204. The number of alkyl halides is 2. The van der Waals surface area contributed by atoms with Crippen LogP contribution in [-0.4, -0.2) is 26.6 Å². The summed E-state index contributed by atoms with van der Waals surface area (Å²) >= 11 is 7.94. The molecule has 56 valence electrons. The molecule has 0 saturated heterocycles. The van der Waals surface area contributed by atoms with Crippen molar-refractivity contribution in [1.29, 1.82) is 0 Å². The Morgan fingerprint density at radius 2 is 2.00 bits per heavy atom. The van der Waals surface area contributed by atoms with Crippen molar-refractivity contribution in [2.45, 2.75) is 6.10 Å². The minimum atomic E-state index is -2.51. The van der Waals surface area contributed by atoms with E-state index in [2.05, 4.69) is 4.18 Å². The van der Waals surface area contributed by atoms with E-state index in [-0.39, 0.29) is 11.8 Å². The number of halogens is 2. The van der Waals surface area contributed by atoms with Crippen molar-refractivity contribution in [1.82, 2.24) is 0 Å². The SMILES string of the molecule is O=S([O-])OC(CCl)CCl. The van der Waals surface area contributed by atoms with Crippen LogP contribution in [-0.2, 0) is 15.5 Å². The van der Waals surface area contributed by atoms with E-state index in [0.29, 0.717) is 0 Å². The predicted octanol–water partition coefficient (Wildman–Crippen LogP) is 0.643. The predicted molar refractivity (Wildman–Crippen MR) is 35.2 cm³/mol. The van der Waals surface area contributed by atoms with Crippen LogP contribution >= 0.6 is 23.2 Å². The van der Waals surface area contributed by atoms with E-state index >= 15 is 0 Å². The third-order valence-electron chi connectivity index (χ3n) is 0.559.